The number of Topliss-reactive ketones (excluding diaryl/α,β-unsaturated/α-hetero) is 1. The number of aryl methyl sites for hydroxylation is 1. The van der Waals surface area contributed by atoms with Crippen LogP contribution in [-0.4, -0.2) is 11.9 Å². The summed E-state index contributed by atoms with van der Waals surface area (Å²) in [4.78, 5) is 12.2. The van der Waals surface area contributed by atoms with Crippen LogP contribution in [0.25, 0.3) is 6.08 Å². The average Bonchev–Trinajstić information content (AvgIpc) is 2.49. The standard InChI is InChI=1S/C18H16O2/c1-13-6-5-9-15-10-11-16(20-18(13)15)12-17(19)14-7-3-2-4-8-14/h2-11,16H,12H2,1H3. The lowest BCUT2D eigenvalue weighted by Crippen LogP contribution is -2.21. The highest BCUT2D eigenvalue weighted by Gasteiger charge is 2.19. The number of benzene rings is 2. The molecule has 0 spiro atoms. The van der Waals surface area contributed by atoms with Crippen LogP contribution in [0.2, 0.25) is 0 Å². The lowest BCUT2D eigenvalue weighted by atomic mass is 10.0. The average molecular weight is 264 g/mol. The summed E-state index contributed by atoms with van der Waals surface area (Å²) in [6.45, 7) is 2.02. The van der Waals surface area contributed by atoms with Crippen molar-refractivity contribution in [3.8, 4) is 5.75 Å². The van der Waals surface area contributed by atoms with Crippen LogP contribution in [-0.2, 0) is 0 Å². The maximum atomic E-state index is 12.2. The number of hydrogen-bond donors (Lipinski definition) is 0. The molecule has 1 aliphatic rings. The van der Waals surface area contributed by atoms with E-state index in [0.717, 1.165) is 22.4 Å². The maximum absolute atomic E-state index is 12.2. The van der Waals surface area contributed by atoms with E-state index in [1.165, 1.54) is 0 Å². The molecule has 0 fully saturated rings. The van der Waals surface area contributed by atoms with E-state index in [-0.39, 0.29) is 11.9 Å². The van der Waals surface area contributed by atoms with Crippen molar-refractivity contribution in [3.05, 3.63) is 71.3 Å². The maximum Gasteiger partial charge on any atom is 0.166 e. The number of ketones is 1. The Morgan fingerprint density at radius 2 is 1.90 bits per heavy atom. The van der Waals surface area contributed by atoms with Crippen LogP contribution in [0.1, 0.15) is 27.9 Å². The third-order valence-corrected chi connectivity index (χ3v) is 3.48. The Labute approximate surface area is 118 Å². The first-order valence-corrected chi connectivity index (χ1v) is 6.77. The largest absolute Gasteiger partial charge is 0.485 e. The van der Waals surface area contributed by atoms with Crippen molar-refractivity contribution in [1.82, 2.24) is 0 Å². The molecular formula is C18H16O2. The van der Waals surface area contributed by atoms with E-state index in [0.29, 0.717) is 6.42 Å². The third kappa shape index (κ3) is 2.50. The number of carbonyl (C=O) groups excluding carboxylic acids is 1. The first-order valence-electron chi connectivity index (χ1n) is 6.77. The van der Waals surface area contributed by atoms with Crippen LogP contribution < -0.4 is 4.74 Å². The Kier molecular flexibility index (Phi) is 3.38. The molecular weight excluding hydrogens is 248 g/mol. The van der Waals surface area contributed by atoms with Gasteiger partial charge < -0.3 is 4.74 Å². The van der Waals surface area contributed by atoms with Gasteiger partial charge in [0.15, 0.2) is 5.78 Å². The zero-order chi connectivity index (χ0) is 13.9. The van der Waals surface area contributed by atoms with Crippen molar-refractivity contribution in [2.24, 2.45) is 0 Å². The van der Waals surface area contributed by atoms with Gasteiger partial charge in [-0.1, -0.05) is 54.6 Å². The fourth-order valence-corrected chi connectivity index (χ4v) is 2.40. The van der Waals surface area contributed by atoms with Gasteiger partial charge >= 0.3 is 0 Å². The molecule has 0 radical (unpaired) electrons. The van der Waals surface area contributed by atoms with E-state index >= 15 is 0 Å². The summed E-state index contributed by atoms with van der Waals surface area (Å²) in [5.74, 6) is 0.998. The van der Waals surface area contributed by atoms with E-state index in [2.05, 4.69) is 0 Å². The number of hydrogen-bond acceptors (Lipinski definition) is 2. The number of carbonyl (C=O) groups is 1. The Balaban J connectivity index is 1.75. The second kappa shape index (κ2) is 5.33. The predicted octanol–water partition coefficient (Wildman–Crippen LogP) is 4.04. The molecule has 0 amide bonds. The molecule has 0 aliphatic carbocycles. The molecule has 0 saturated carbocycles. The summed E-state index contributed by atoms with van der Waals surface area (Å²) >= 11 is 0. The van der Waals surface area contributed by atoms with Gasteiger partial charge in [-0.2, -0.15) is 0 Å². The van der Waals surface area contributed by atoms with Crippen molar-refractivity contribution in [2.75, 3.05) is 0 Å². The van der Waals surface area contributed by atoms with Gasteiger partial charge in [-0.3, -0.25) is 4.79 Å². The van der Waals surface area contributed by atoms with Crippen LogP contribution in [0.3, 0.4) is 0 Å². The summed E-state index contributed by atoms with van der Waals surface area (Å²) in [5, 5.41) is 0. The fourth-order valence-electron chi connectivity index (χ4n) is 2.40. The van der Waals surface area contributed by atoms with Gasteiger partial charge in [0.25, 0.3) is 0 Å². The first-order chi connectivity index (χ1) is 9.74. The minimum atomic E-state index is -0.184. The zero-order valence-corrected chi connectivity index (χ0v) is 11.4. The van der Waals surface area contributed by atoms with E-state index in [4.69, 9.17) is 4.74 Å². The second-order valence-electron chi connectivity index (χ2n) is 5.00. The molecule has 1 aliphatic heterocycles. The van der Waals surface area contributed by atoms with Gasteiger partial charge in [0, 0.05) is 11.1 Å². The molecule has 2 nitrogen and oxygen atoms in total. The number of fused-ring (bicyclic) bond motifs is 1. The van der Waals surface area contributed by atoms with Gasteiger partial charge in [0.05, 0.1) is 6.42 Å². The Morgan fingerprint density at radius 1 is 1.10 bits per heavy atom. The van der Waals surface area contributed by atoms with E-state index in [9.17, 15) is 4.79 Å². The molecule has 1 heterocycles. The van der Waals surface area contributed by atoms with Crippen molar-refractivity contribution in [2.45, 2.75) is 19.4 Å². The van der Waals surface area contributed by atoms with Crippen molar-refractivity contribution in [3.63, 3.8) is 0 Å². The van der Waals surface area contributed by atoms with E-state index in [1.54, 1.807) is 0 Å². The minimum absolute atomic E-state index is 0.109. The van der Waals surface area contributed by atoms with E-state index < -0.39 is 0 Å². The van der Waals surface area contributed by atoms with Gasteiger partial charge in [-0.25, -0.2) is 0 Å². The molecule has 0 saturated heterocycles. The molecule has 3 rings (SSSR count). The van der Waals surface area contributed by atoms with Crippen LogP contribution in [0.4, 0.5) is 0 Å². The van der Waals surface area contributed by atoms with Gasteiger partial charge in [-0.05, 0) is 18.6 Å². The Bertz CT molecular complexity index is 656. The summed E-state index contributed by atoms with van der Waals surface area (Å²) in [6, 6.07) is 15.4. The van der Waals surface area contributed by atoms with Crippen molar-refractivity contribution in [1.29, 1.82) is 0 Å². The van der Waals surface area contributed by atoms with Gasteiger partial charge in [-0.15, -0.1) is 0 Å². The topological polar surface area (TPSA) is 26.3 Å². The smallest absolute Gasteiger partial charge is 0.166 e. The highest BCUT2D eigenvalue weighted by atomic mass is 16.5. The molecule has 0 aromatic heterocycles. The number of rotatable bonds is 3. The molecule has 1 unspecified atom stereocenters. The molecule has 1 atom stereocenters. The fraction of sp³-hybridized carbons (Fsp3) is 0.167. The lowest BCUT2D eigenvalue weighted by molar-refractivity contribution is 0.0934. The normalized spacial score (nSPS) is 16.4. The first kappa shape index (κ1) is 12.7. The van der Waals surface area contributed by atoms with Crippen LogP contribution in [0, 0.1) is 6.92 Å². The third-order valence-electron chi connectivity index (χ3n) is 3.48. The van der Waals surface area contributed by atoms with Crippen LogP contribution >= 0.6 is 0 Å². The van der Waals surface area contributed by atoms with Crippen molar-refractivity contribution < 1.29 is 9.53 Å². The quantitative estimate of drug-likeness (QED) is 0.782. The van der Waals surface area contributed by atoms with Crippen molar-refractivity contribution >= 4 is 11.9 Å². The molecule has 0 bridgehead atoms. The minimum Gasteiger partial charge on any atom is -0.485 e. The van der Waals surface area contributed by atoms with Gasteiger partial charge in [0.2, 0.25) is 0 Å². The molecule has 100 valence electrons. The molecule has 2 aromatic rings. The summed E-state index contributed by atoms with van der Waals surface area (Å²) in [6.07, 6.45) is 4.18. The van der Waals surface area contributed by atoms with Crippen LogP contribution in [0.5, 0.6) is 5.75 Å². The highest BCUT2D eigenvalue weighted by Crippen LogP contribution is 2.30. The zero-order valence-electron chi connectivity index (χ0n) is 11.4. The SMILES string of the molecule is Cc1cccc2c1OC(CC(=O)c1ccccc1)C=C2. The Morgan fingerprint density at radius 3 is 2.70 bits per heavy atom. The van der Waals surface area contributed by atoms with Crippen LogP contribution in [0.15, 0.2) is 54.6 Å². The monoisotopic (exact) mass is 264 g/mol. The summed E-state index contributed by atoms with van der Waals surface area (Å²) in [5.41, 5.74) is 2.91. The highest BCUT2D eigenvalue weighted by molar-refractivity contribution is 5.96. The summed E-state index contributed by atoms with van der Waals surface area (Å²) in [7, 11) is 0. The summed E-state index contributed by atoms with van der Waals surface area (Å²) < 4.78 is 5.95. The predicted molar refractivity (Wildman–Crippen MR) is 80.0 cm³/mol. The molecule has 2 aromatic carbocycles. The lowest BCUT2D eigenvalue weighted by Gasteiger charge is -2.22. The van der Waals surface area contributed by atoms with Gasteiger partial charge in [0.1, 0.15) is 11.9 Å². The molecule has 0 N–H and O–H groups in total. The number of para-hydroxylation sites is 1. The van der Waals surface area contributed by atoms with E-state index in [1.807, 2.05) is 67.6 Å². The molecule has 2 heteroatoms. The molecule has 20 heavy (non-hydrogen) atoms. The number of ether oxygens (including phenoxy) is 1. The second-order valence-corrected chi connectivity index (χ2v) is 5.00. The Hall–Kier alpha value is -2.35.